The highest BCUT2D eigenvalue weighted by atomic mass is 16.1. The van der Waals surface area contributed by atoms with Gasteiger partial charge >= 0.3 is 0 Å². The second-order valence-corrected chi connectivity index (χ2v) is 5.08. The molecule has 1 fully saturated rings. The lowest BCUT2D eigenvalue weighted by atomic mass is 10.2. The number of aromatic nitrogens is 5. The van der Waals surface area contributed by atoms with E-state index in [2.05, 4.69) is 30.5 Å². The van der Waals surface area contributed by atoms with Crippen LogP contribution in [0.25, 0.3) is 0 Å². The minimum absolute atomic E-state index is 0.220. The number of rotatable bonds is 4. The molecule has 1 saturated carbocycles. The molecule has 0 saturated heterocycles. The number of carbonyl (C=O) groups excluding carboxylic acids is 1. The van der Waals surface area contributed by atoms with E-state index in [0.29, 0.717) is 17.3 Å². The average molecular weight is 272 g/mol. The third-order valence-electron chi connectivity index (χ3n) is 3.23. The molecule has 7 heteroatoms. The van der Waals surface area contributed by atoms with Crippen molar-refractivity contribution < 1.29 is 4.79 Å². The van der Waals surface area contributed by atoms with Crippen LogP contribution in [0.5, 0.6) is 0 Å². The Morgan fingerprint density at radius 2 is 2.10 bits per heavy atom. The van der Waals surface area contributed by atoms with Crippen LogP contribution in [0.4, 0.5) is 0 Å². The fourth-order valence-electron chi connectivity index (χ4n) is 1.91. The zero-order valence-electron chi connectivity index (χ0n) is 11.4. The molecular formula is C13H16N6O. The van der Waals surface area contributed by atoms with E-state index in [9.17, 15) is 4.79 Å². The zero-order valence-corrected chi connectivity index (χ0v) is 11.4. The number of carbonyl (C=O) groups is 1. The van der Waals surface area contributed by atoms with E-state index in [1.54, 1.807) is 12.4 Å². The smallest absolute Gasteiger partial charge is 0.254 e. The van der Waals surface area contributed by atoms with Gasteiger partial charge in [0.2, 0.25) is 0 Å². The number of nitrogens with zero attached hydrogens (tertiary/aromatic N) is 4. The van der Waals surface area contributed by atoms with Crippen LogP contribution in [0, 0.1) is 6.92 Å². The van der Waals surface area contributed by atoms with Crippen molar-refractivity contribution in [1.29, 1.82) is 0 Å². The van der Waals surface area contributed by atoms with Gasteiger partial charge in [-0.2, -0.15) is 5.10 Å². The molecule has 2 aromatic heterocycles. The summed E-state index contributed by atoms with van der Waals surface area (Å²) >= 11 is 0. The molecule has 2 aromatic rings. The van der Waals surface area contributed by atoms with Crippen molar-refractivity contribution in [3.05, 3.63) is 35.4 Å². The van der Waals surface area contributed by atoms with Crippen molar-refractivity contribution in [1.82, 2.24) is 30.5 Å². The summed E-state index contributed by atoms with van der Waals surface area (Å²) in [7, 11) is 0. The molecule has 0 bridgehead atoms. The fraction of sp³-hybridized carbons (Fsp3) is 0.462. The Labute approximate surface area is 116 Å². The first-order valence-corrected chi connectivity index (χ1v) is 6.65. The topological polar surface area (TPSA) is 96.5 Å². The van der Waals surface area contributed by atoms with Gasteiger partial charge < -0.3 is 5.32 Å². The Hall–Kier alpha value is -2.31. The molecule has 1 atom stereocenters. The average Bonchev–Trinajstić information content (AvgIpc) is 3.20. The van der Waals surface area contributed by atoms with E-state index in [4.69, 9.17) is 0 Å². The van der Waals surface area contributed by atoms with Crippen LogP contribution in [0.2, 0.25) is 0 Å². The summed E-state index contributed by atoms with van der Waals surface area (Å²) in [4.78, 5) is 24.7. The number of hydrogen-bond acceptors (Lipinski definition) is 5. The van der Waals surface area contributed by atoms with Gasteiger partial charge in [-0.15, -0.1) is 0 Å². The second-order valence-electron chi connectivity index (χ2n) is 5.08. The first kappa shape index (κ1) is 12.7. The maximum Gasteiger partial charge on any atom is 0.254 e. The molecule has 1 amide bonds. The van der Waals surface area contributed by atoms with Gasteiger partial charge in [-0.25, -0.2) is 15.0 Å². The van der Waals surface area contributed by atoms with Gasteiger partial charge in [-0.05, 0) is 26.7 Å². The Kier molecular flexibility index (Phi) is 3.17. The number of aryl methyl sites for hydroxylation is 1. The first-order chi connectivity index (χ1) is 9.63. The van der Waals surface area contributed by atoms with Crippen molar-refractivity contribution in [3.63, 3.8) is 0 Å². The summed E-state index contributed by atoms with van der Waals surface area (Å²) in [5.41, 5.74) is 0.452. The molecule has 104 valence electrons. The van der Waals surface area contributed by atoms with E-state index in [-0.39, 0.29) is 11.9 Å². The number of nitrogens with one attached hydrogen (secondary N) is 2. The molecule has 1 aliphatic rings. The molecule has 1 unspecified atom stereocenters. The van der Waals surface area contributed by atoms with E-state index in [1.165, 1.54) is 0 Å². The summed E-state index contributed by atoms with van der Waals surface area (Å²) in [6.45, 7) is 3.65. The maximum atomic E-state index is 12.1. The predicted octanol–water partition coefficient (Wildman–Crippen LogP) is 1.27. The highest BCUT2D eigenvalue weighted by molar-refractivity contribution is 5.93. The third kappa shape index (κ3) is 2.66. The van der Waals surface area contributed by atoms with Crippen LogP contribution in [-0.4, -0.2) is 31.1 Å². The molecule has 3 rings (SSSR count). The highest BCUT2D eigenvalue weighted by Gasteiger charge is 2.26. The van der Waals surface area contributed by atoms with E-state index >= 15 is 0 Å². The van der Waals surface area contributed by atoms with Crippen molar-refractivity contribution in [3.8, 4) is 0 Å². The van der Waals surface area contributed by atoms with E-state index < -0.39 is 0 Å². The molecule has 20 heavy (non-hydrogen) atoms. The van der Waals surface area contributed by atoms with Crippen molar-refractivity contribution in [2.24, 2.45) is 0 Å². The van der Waals surface area contributed by atoms with E-state index in [1.807, 2.05) is 13.8 Å². The first-order valence-electron chi connectivity index (χ1n) is 6.65. The normalized spacial score (nSPS) is 15.9. The molecule has 2 N–H and O–H groups in total. The van der Waals surface area contributed by atoms with Crippen LogP contribution < -0.4 is 5.32 Å². The molecule has 0 spiro atoms. The minimum atomic E-state index is -0.268. The van der Waals surface area contributed by atoms with Crippen LogP contribution in [0.1, 0.15) is 59.6 Å². The molecule has 2 heterocycles. The minimum Gasteiger partial charge on any atom is -0.342 e. The molecule has 0 radical (unpaired) electrons. The van der Waals surface area contributed by atoms with Gasteiger partial charge in [0.25, 0.3) is 5.91 Å². The predicted molar refractivity (Wildman–Crippen MR) is 71.0 cm³/mol. The summed E-state index contributed by atoms with van der Waals surface area (Å²) in [6, 6.07) is -0.268. The standard InChI is InChI=1S/C13H16N6O/c1-7(11-17-8(2)18-19-11)16-13(20)10-5-14-12(15-6-10)9-3-4-9/h5-7,9H,3-4H2,1-2H3,(H,16,20)(H,17,18,19). The molecule has 0 aromatic carbocycles. The van der Waals surface area contributed by atoms with Gasteiger partial charge in [0, 0.05) is 18.3 Å². The molecule has 1 aliphatic carbocycles. The van der Waals surface area contributed by atoms with Gasteiger partial charge in [-0.1, -0.05) is 0 Å². The number of hydrogen-bond donors (Lipinski definition) is 2. The SMILES string of the molecule is Cc1nc(C(C)NC(=O)c2cnc(C3CC3)nc2)n[nH]1. The molecule has 0 aliphatic heterocycles. The molecule has 7 nitrogen and oxygen atoms in total. The lowest BCUT2D eigenvalue weighted by Crippen LogP contribution is -2.27. The van der Waals surface area contributed by atoms with Crippen LogP contribution in [0.3, 0.4) is 0 Å². The van der Waals surface area contributed by atoms with Crippen LogP contribution in [0.15, 0.2) is 12.4 Å². The Morgan fingerprint density at radius 1 is 1.40 bits per heavy atom. The third-order valence-corrected chi connectivity index (χ3v) is 3.23. The van der Waals surface area contributed by atoms with Crippen LogP contribution >= 0.6 is 0 Å². The quantitative estimate of drug-likeness (QED) is 0.873. The number of aromatic amines is 1. The zero-order chi connectivity index (χ0) is 14.1. The largest absolute Gasteiger partial charge is 0.342 e. The summed E-state index contributed by atoms with van der Waals surface area (Å²) in [5, 5.41) is 9.60. The van der Waals surface area contributed by atoms with Crippen molar-refractivity contribution in [2.75, 3.05) is 0 Å². The van der Waals surface area contributed by atoms with E-state index in [0.717, 1.165) is 24.5 Å². The fourth-order valence-corrected chi connectivity index (χ4v) is 1.91. The number of H-pyrrole nitrogens is 1. The van der Waals surface area contributed by atoms with Gasteiger partial charge in [0.15, 0.2) is 5.82 Å². The summed E-state index contributed by atoms with van der Waals surface area (Å²) in [5.74, 6) is 2.38. The monoisotopic (exact) mass is 272 g/mol. The summed E-state index contributed by atoms with van der Waals surface area (Å²) < 4.78 is 0. The van der Waals surface area contributed by atoms with Gasteiger partial charge in [0.1, 0.15) is 11.6 Å². The Morgan fingerprint density at radius 3 is 2.65 bits per heavy atom. The number of amides is 1. The van der Waals surface area contributed by atoms with Crippen molar-refractivity contribution >= 4 is 5.91 Å². The lowest BCUT2D eigenvalue weighted by Gasteiger charge is -2.10. The highest BCUT2D eigenvalue weighted by Crippen LogP contribution is 2.37. The Bertz CT molecular complexity index is 616. The summed E-state index contributed by atoms with van der Waals surface area (Å²) in [6.07, 6.45) is 5.44. The van der Waals surface area contributed by atoms with Crippen molar-refractivity contribution in [2.45, 2.75) is 38.6 Å². The maximum absolute atomic E-state index is 12.1. The Balaban J connectivity index is 1.66. The van der Waals surface area contributed by atoms with Gasteiger partial charge in [0.05, 0.1) is 11.6 Å². The lowest BCUT2D eigenvalue weighted by molar-refractivity contribution is 0.0937. The van der Waals surface area contributed by atoms with Crippen LogP contribution in [-0.2, 0) is 0 Å². The van der Waals surface area contributed by atoms with Gasteiger partial charge in [-0.3, -0.25) is 9.89 Å². The second kappa shape index (κ2) is 4.99. The molecular weight excluding hydrogens is 256 g/mol.